The molecule has 1 unspecified atom stereocenters. The Morgan fingerprint density at radius 2 is 1.92 bits per heavy atom. The van der Waals surface area contributed by atoms with Crippen molar-refractivity contribution in [1.29, 1.82) is 0 Å². The van der Waals surface area contributed by atoms with Crippen LogP contribution >= 0.6 is 0 Å². The van der Waals surface area contributed by atoms with Crippen molar-refractivity contribution >= 4 is 6.03 Å². The number of hydrogen-bond donors (Lipinski definition) is 2. The van der Waals surface area contributed by atoms with Gasteiger partial charge in [0.1, 0.15) is 11.6 Å². The van der Waals surface area contributed by atoms with Crippen LogP contribution < -0.4 is 10.6 Å². The highest BCUT2D eigenvalue weighted by Crippen LogP contribution is 2.31. The molecular weight excluding hydrogens is 326 g/mol. The number of hydrogen-bond acceptors (Lipinski definition) is 2. The van der Waals surface area contributed by atoms with Gasteiger partial charge in [0.05, 0.1) is 17.9 Å². The highest BCUT2D eigenvalue weighted by molar-refractivity contribution is 5.75. The lowest BCUT2D eigenvalue weighted by Gasteiger charge is -2.27. The Balaban J connectivity index is 1.86. The van der Waals surface area contributed by atoms with Gasteiger partial charge < -0.3 is 10.6 Å². The van der Waals surface area contributed by atoms with Crippen LogP contribution in [0.4, 0.5) is 13.6 Å². The molecule has 2 aromatic rings. The van der Waals surface area contributed by atoms with Gasteiger partial charge in [-0.25, -0.2) is 18.3 Å². The highest BCUT2D eigenvalue weighted by Gasteiger charge is 2.27. The fourth-order valence-electron chi connectivity index (χ4n) is 3.13. The second-order valence-electron chi connectivity index (χ2n) is 7.38. The number of fused-ring (bicyclic) bond motifs is 1. The van der Waals surface area contributed by atoms with Gasteiger partial charge in [0.25, 0.3) is 0 Å². The number of halogens is 2. The number of nitrogens with zero attached hydrogens (tertiary/aromatic N) is 2. The predicted octanol–water partition coefficient (Wildman–Crippen LogP) is 3.63. The second kappa shape index (κ2) is 6.46. The van der Waals surface area contributed by atoms with E-state index in [1.807, 2.05) is 20.8 Å². The number of rotatable bonds is 2. The Morgan fingerprint density at radius 3 is 2.56 bits per heavy atom. The van der Waals surface area contributed by atoms with Crippen LogP contribution in [-0.2, 0) is 6.42 Å². The number of aromatic nitrogens is 2. The lowest BCUT2D eigenvalue weighted by Crippen LogP contribution is -2.47. The molecule has 134 valence electrons. The van der Waals surface area contributed by atoms with Crippen molar-refractivity contribution in [2.45, 2.75) is 51.6 Å². The van der Waals surface area contributed by atoms with Gasteiger partial charge in [-0.05, 0) is 52.2 Å². The van der Waals surface area contributed by atoms with Crippen molar-refractivity contribution in [3.8, 4) is 5.69 Å². The lowest BCUT2D eigenvalue weighted by molar-refractivity contribution is 0.226. The van der Waals surface area contributed by atoms with E-state index in [1.165, 1.54) is 12.1 Å². The van der Waals surface area contributed by atoms with Crippen molar-refractivity contribution in [2.24, 2.45) is 0 Å². The van der Waals surface area contributed by atoms with Crippen molar-refractivity contribution < 1.29 is 13.6 Å². The average Bonchev–Trinajstić information content (AvgIpc) is 2.89. The molecule has 2 N–H and O–H groups in total. The summed E-state index contributed by atoms with van der Waals surface area (Å²) in [5, 5.41) is 10.1. The monoisotopic (exact) mass is 348 g/mol. The van der Waals surface area contributed by atoms with E-state index in [0.717, 1.165) is 36.6 Å². The molecule has 0 fully saturated rings. The third kappa shape index (κ3) is 3.97. The standard InChI is InChI=1S/C18H22F2N4O/c1-18(2,3)23-17(25)22-15-5-4-6-16-14(15)10-21-24(16)13-8-11(19)7-12(20)9-13/h7-10,15H,4-6H2,1-3H3,(H2,22,23,25). The Bertz CT molecular complexity index is 775. The number of nitrogens with one attached hydrogen (secondary N) is 2. The third-order valence-corrected chi connectivity index (χ3v) is 4.07. The maximum Gasteiger partial charge on any atom is 0.315 e. The second-order valence-corrected chi connectivity index (χ2v) is 7.38. The maximum absolute atomic E-state index is 13.5. The van der Waals surface area contributed by atoms with Gasteiger partial charge >= 0.3 is 6.03 Å². The molecule has 7 heteroatoms. The fourth-order valence-corrected chi connectivity index (χ4v) is 3.13. The van der Waals surface area contributed by atoms with Crippen LogP contribution in [0.2, 0.25) is 0 Å². The fraction of sp³-hybridized carbons (Fsp3) is 0.444. The molecule has 0 radical (unpaired) electrons. The summed E-state index contributed by atoms with van der Waals surface area (Å²) in [7, 11) is 0. The first-order valence-corrected chi connectivity index (χ1v) is 8.35. The molecule has 0 spiro atoms. The van der Waals surface area contributed by atoms with Crippen LogP contribution in [0.25, 0.3) is 5.69 Å². The van der Waals surface area contributed by atoms with Gasteiger partial charge in [-0.1, -0.05) is 0 Å². The molecule has 2 amide bonds. The molecule has 1 heterocycles. The van der Waals surface area contributed by atoms with E-state index >= 15 is 0 Å². The number of carbonyl (C=O) groups is 1. The molecule has 0 saturated carbocycles. The topological polar surface area (TPSA) is 59.0 Å². The van der Waals surface area contributed by atoms with E-state index in [0.29, 0.717) is 5.69 Å². The number of benzene rings is 1. The van der Waals surface area contributed by atoms with Crippen molar-refractivity contribution in [3.05, 3.63) is 47.3 Å². The van der Waals surface area contributed by atoms with Crippen molar-refractivity contribution in [1.82, 2.24) is 20.4 Å². The zero-order valence-electron chi connectivity index (χ0n) is 14.6. The van der Waals surface area contributed by atoms with Gasteiger partial charge in [0.15, 0.2) is 0 Å². The van der Waals surface area contributed by atoms with E-state index in [9.17, 15) is 13.6 Å². The first-order chi connectivity index (χ1) is 11.7. The molecule has 5 nitrogen and oxygen atoms in total. The van der Waals surface area contributed by atoms with E-state index < -0.39 is 11.6 Å². The molecule has 1 aromatic heterocycles. The van der Waals surface area contributed by atoms with Gasteiger partial charge in [-0.3, -0.25) is 0 Å². The first kappa shape index (κ1) is 17.4. The minimum Gasteiger partial charge on any atom is -0.334 e. The molecule has 1 atom stereocenters. The summed E-state index contributed by atoms with van der Waals surface area (Å²) in [6.07, 6.45) is 4.07. The molecule has 3 rings (SSSR count). The molecule has 1 aliphatic carbocycles. The molecule has 25 heavy (non-hydrogen) atoms. The molecule has 0 saturated heterocycles. The number of amides is 2. The van der Waals surface area contributed by atoms with Gasteiger partial charge in [0, 0.05) is 22.9 Å². The van der Waals surface area contributed by atoms with E-state index in [1.54, 1.807) is 10.9 Å². The number of urea groups is 1. The molecule has 1 aromatic carbocycles. The zero-order valence-corrected chi connectivity index (χ0v) is 14.6. The summed E-state index contributed by atoms with van der Waals surface area (Å²) in [6, 6.07) is 2.92. The van der Waals surface area contributed by atoms with Crippen LogP contribution in [-0.4, -0.2) is 21.4 Å². The van der Waals surface area contributed by atoms with Crippen LogP contribution in [0.5, 0.6) is 0 Å². The first-order valence-electron chi connectivity index (χ1n) is 8.35. The van der Waals surface area contributed by atoms with Gasteiger partial charge in [0.2, 0.25) is 0 Å². The molecular formula is C18H22F2N4O. The summed E-state index contributed by atoms with van der Waals surface area (Å²) in [4.78, 5) is 12.2. The van der Waals surface area contributed by atoms with E-state index in [2.05, 4.69) is 15.7 Å². The summed E-state index contributed by atoms with van der Waals surface area (Å²) in [5.41, 5.74) is 1.78. The average molecular weight is 348 g/mol. The minimum atomic E-state index is -0.644. The van der Waals surface area contributed by atoms with Crippen LogP contribution in [0.15, 0.2) is 24.4 Å². The zero-order chi connectivity index (χ0) is 18.2. The van der Waals surface area contributed by atoms with Gasteiger partial charge in [-0.15, -0.1) is 0 Å². The van der Waals surface area contributed by atoms with Crippen LogP contribution in [0.1, 0.15) is 50.9 Å². The summed E-state index contributed by atoms with van der Waals surface area (Å²) < 4.78 is 28.6. The van der Waals surface area contributed by atoms with Crippen LogP contribution in [0, 0.1) is 11.6 Å². The van der Waals surface area contributed by atoms with Crippen molar-refractivity contribution in [2.75, 3.05) is 0 Å². The SMILES string of the molecule is CC(C)(C)NC(=O)NC1CCCc2c1cnn2-c1cc(F)cc(F)c1. The summed E-state index contributed by atoms with van der Waals surface area (Å²) in [6.45, 7) is 5.74. The normalized spacial score (nSPS) is 17.1. The van der Waals surface area contributed by atoms with Gasteiger partial charge in [-0.2, -0.15) is 5.10 Å². The quantitative estimate of drug-likeness (QED) is 0.871. The van der Waals surface area contributed by atoms with E-state index in [-0.39, 0.29) is 17.6 Å². The Hall–Kier alpha value is -2.44. The Kier molecular flexibility index (Phi) is 4.49. The lowest BCUT2D eigenvalue weighted by atomic mass is 9.93. The molecule has 0 aliphatic heterocycles. The molecule has 1 aliphatic rings. The minimum absolute atomic E-state index is 0.168. The Morgan fingerprint density at radius 1 is 1.24 bits per heavy atom. The van der Waals surface area contributed by atoms with Crippen molar-refractivity contribution in [3.63, 3.8) is 0 Å². The van der Waals surface area contributed by atoms with E-state index in [4.69, 9.17) is 0 Å². The summed E-state index contributed by atoms with van der Waals surface area (Å²) in [5.74, 6) is -1.29. The largest absolute Gasteiger partial charge is 0.334 e. The highest BCUT2D eigenvalue weighted by atomic mass is 19.1. The smallest absolute Gasteiger partial charge is 0.315 e. The molecule has 0 bridgehead atoms. The summed E-state index contributed by atoms with van der Waals surface area (Å²) >= 11 is 0. The number of carbonyl (C=O) groups excluding carboxylic acids is 1. The predicted molar refractivity (Wildman–Crippen MR) is 90.6 cm³/mol. The Labute approximate surface area is 145 Å². The van der Waals surface area contributed by atoms with Crippen LogP contribution in [0.3, 0.4) is 0 Å². The third-order valence-electron chi connectivity index (χ3n) is 4.07. The maximum atomic E-state index is 13.5.